The molecule has 10 heteroatoms. The number of para-hydroxylation sites is 1. The van der Waals surface area contributed by atoms with Crippen LogP contribution in [0.2, 0.25) is 0 Å². The summed E-state index contributed by atoms with van der Waals surface area (Å²) >= 11 is 0. The van der Waals surface area contributed by atoms with E-state index in [4.69, 9.17) is 19.2 Å². The van der Waals surface area contributed by atoms with Crippen LogP contribution in [0.1, 0.15) is 29.7 Å². The number of benzene rings is 3. The monoisotopic (exact) mass is 610 g/mol. The second kappa shape index (κ2) is 14.9. The summed E-state index contributed by atoms with van der Waals surface area (Å²) in [5, 5.41) is 3.25. The van der Waals surface area contributed by atoms with Crippen molar-refractivity contribution < 1.29 is 19.0 Å². The highest BCUT2D eigenvalue weighted by molar-refractivity contribution is 5.89. The Kier molecular flexibility index (Phi) is 10.5. The number of amides is 1. The number of hydrogen-bond donors (Lipinski definition) is 1. The summed E-state index contributed by atoms with van der Waals surface area (Å²) in [4.78, 5) is 29.3. The molecule has 1 aliphatic rings. The lowest BCUT2D eigenvalue weighted by Gasteiger charge is -2.32. The van der Waals surface area contributed by atoms with Gasteiger partial charge in [-0.05, 0) is 62.7 Å². The van der Waals surface area contributed by atoms with Gasteiger partial charge < -0.3 is 24.4 Å². The first kappa shape index (κ1) is 31.7. The Morgan fingerprint density at radius 2 is 1.69 bits per heavy atom. The smallest absolute Gasteiger partial charge is 0.421 e. The number of nitrogens with zero attached hydrogens (tertiary/aromatic N) is 5. The molecule has 1 N–H and O–H groups in total. The van der Waals surface area contributed by atoms with Gasteiger partial charge in [0.2, 0.25) is 5.95 Å². The second-order valence-electron chi connectivity index (χ2n) is 11.3. The second-order valence-corrected chi connectivity index (χ2v) is 11.3. The lowest BCUT2D eigenvalue weighted by molar-refractivity contribution is 0.133. The Balaban J connectivity index is 1.33. The summed E-state index contributed by atoms with van der Waals surface area (Å²) in [6, 6.07) is 22.5. The Morgan fingerprint density at radius 1 is 0.956 bits per heavy atom. The third-order valence-electron chi connectivity index (χ3n) is 8.03. The predicted octanol–water partition coefficient (Wildman–Crippen LogP) is 6.24. The van der Waals surface area contributed by atoms with Crippen LogP contribution in [0.15, 0.2) is 79.0 Å². The van der Waals surface area contributed by atoms with Crippen molar-refractivity contribution in [1.29, 1.82) is 0 Å². The van der Waals surface area contributed by atoms with E-state index >= 15 is 0 Å². The molecule has 45 heavy (non-hydrogen) atoms. The zero-order chi connectivity index (χ0) is 31.8. The molecule has 1 aromatic heterocycles. The maximum atomic E-state index is 13.8. The van der Waals surface area contributed by atoms with E-state index in [9.17, 15) is 4.79 Å². The fraction of sp³-hybridized carbons (Fsp3) is 0.343. The van der Waals surface area contributed by atoms with Crippen LogP contribution in [0.25, 0.3) is 0 Å². The van der Waals surface area contributed by atoms with Crippen LogP contribution in [-0.2, 0) is 0 Å². The van der Waals surface area contributed by atoms with E-state index in [1.807, 2.05) is 87.5 Å². The Morgan fingerprint density at radius 3 is 2.40 bits per heavy atom. The highest BCUT2D eigenvalue weighted by Gasteiger charge is 2.28. The van der Waals surface area contributed by atoms with Gasteiger partial charge in [0, 0.05) is 50.7 Å². The number of nitrogens with one attached hydrogen (secondary N) is 1. The highest BCUT2D eigenvalue weighted by atomic mass is 16.6. The quantitative estimate of drug-likeness (QED) is 0.212. The average molecular weight is 611 g/mol. The van der Waals surface area contributed by atoms with Gasteiger partial charge in [-0.1, -0.05) is 48.5 Å². The molecule has 5 rings (SSSR count). The van der Waals surface area contributed by atoms with Crippen molar-refractivity contribution in [1.82, 2.24) is 19.8 Å². The molecule has 0 spiro atoms. The molecule has 10 nitrogen and oxygen atoms in total. The number of rotatable bonds is 11. The molecule has 1 amide bonds. The van der Waals surface area contributed by atoms with Crippen molar-refractivity contribution in [2.45, 2.75) is 26.8 Å². The molecule has 2 heterocycles. The first-order valence-electron chi connectivity index (χ1n) is 15.3. The van der Waals surface area contributed by atoms with Crippen LogP contribution in [0.5, 0.6) is 17.2 Å². The molecule has 1 aliphatic heterocycles. The summed E-state index contributed by atoms with van der Waals surface area (Å²) in [6.07, 6.45) is 1.09. The van der Waals surface area contributed by atoms with Gasteiger partial charge in [-0.15, -0.1) is 0 Å². The molecular formula is C35H42N6O4. The molecule has 0 radical (unpaired) electrons. The Labute approximate surface area is 265 Å². The van der Waals surface area contributed by atoms with Crippen molar-refractivity contribution >= 4 is 23.5 Å². The van der Waals surface area contributed by atoms with E-state index in [1.165, 1.54) is 0 Å². The highest BCUT2D eigenvalue weighted by Crippen LogP contribution is 2.33. The summed E-state index contributed by atoms with van der Waals surface area (Å²) in [6.45, 7) is 11.5. The number of likely N-dealkylation sites (N-methyl/N-ethyl adjacent to an activating group) is 1. The van der Waals surface area contributed by atoms with Crippen molar-refractivity contribution in [3.8, 4) is 17.2 Å². The van der Waals surface area contributed by atoms with Crippen LogP contribution < -0.4 is 24.4 Å². The summed E-state index contributed by atoms with van der Waals surface area (Å²) < 4.78 is 17.7. The number of anilines is 3. The van der Waals surface area contributed by atoms with Crippen LogP contribution in [0, 0.1) is 13.8 Å². The number of aromatic nitrogens is 2. The van der Waals surface area contributed by atoms with E-state index in [2.05, 4.69) is 27.1 Å². The Hall–Kier alpha value is -4.67. The molecular weight excluding hydrogens is 568 g/mol. The molecule has 3 aromatic carbocycles. The fourth-order valence-electron chi connectivity index (χ4n) is 5.32. The number of hydrogen-bond acceptors (Lipinski definition) is 9. The molecule has 1 atom stereocenters. The van der Waals surface area contributed by atoms with Crippen LogP contribution in [-0.4, -0.2) is 79.3 Å². The summed E-state index contributed by atoms with van der Waals surface area (Å²) in [7, 11) is 3.77. The molecule has 1 fully saturated rings. The number of piperazine rings is 1. The number of carbonyl (C=O) groups is 1. The summed E-state index contributed by atoms with van der Waals surface area (Å²) in [5.74, 6) is 2.53. The first-order valence-corrected chi connectivity index (χ1v) is 15.3. The van der Waals surface area contributed by atoms with E-state index < -0.39 is 6.09 Å². The van der Waals surface area contributed by atoms with Crippen molar-refractivity contribution in [2.75, 3.05) is 63.7 Å². The molecule has 0 bridgehead atoms. The van der Waals surface area contributed by atoms with Crippen molar-refractivity contribution in [3.05, 3.63) is 95.7 Å². The molecule has 236 valence electrons. The molecule has 0 aliphatic carbocycles. The molecule has 0 saturated carbocycles. The SMILES string of the molecule is COc1cc(Nc2nccc(N(C(=O)Oc3c(C)cccc3C)[C@@H](C)c3ccccc3)n2)ccc1OCCN1CCN(C)CC1. The largest absolute Gasteiger partial charge is 0.493 e. The van der Waals surface area contributed by atoms with Gasteiger partial charge in [-0.25, -0.2) is 9.78 Å². The maximum Gasteiger partial charge on any atom is 0.421 e. The number of ether oxygens (including phenoxy) is 3. The molecule has 0 unspecified atom stereocenters. The maximum absolute atomic E-state index is 13.8. The van der Waals surface area contributed by atoms with Crippen LogP contribution in [0.4, 0.5) is 22.2 Å². The van der Waals surface area contributed by atoms with Gasteiger partial charge in [0.15, 0.2) is 11.5 Å². The van der Waals surface area contributed by atoms with Crippen LogP contribution >= 0.6 is 0 Å². The van der Waals surface area contributed by atoms with Gasteiger partial charge in [-0.2, -0.15) is 4.98 Å². The average Bonchev–Trinajstić information content (AvgIpc) is 3.05. The first-order chi connectivity index (χ1) is 21.8. The lowest BCUT2D eigenvalue weighted by atomic mass is 10.1. The zero-order valence-corrected chi connectivity index (χ0v) is 26.7. The van der Waals surface area contributed by atoms with E-state index in [-0.39, 0.29) is 6.04 Å². The van der Waals surface area contributed by atoms with Gasteiger partial charge >= 0.3 is 6.09 Å². The number of aryl methyl sites for hydroxylation is 2. The molecule has 4 aromatic rings. The minimum Gasteiger partial charge on any atom is -0.493 e. The fourth-order valence-corrected chi connectivity index (χ4v) is 5.32. The van der Waals surface area contributed by atoms with Crippen LogP contribution in [0.3, 0.4) is 0 Å². The third-order valence-corrected chi connectivity index (χ3v) is 8.03. The van der Waals surface area contributed by atoms with Crippen molar-refractivity contribution in [2.24, 2.45) is 0 Å². The third kappa shape index (κ3) is 8.09. The minimum atomic E-state index is -0.534. The van der Waals surface area contributed by atoms with Gasteiger partial charge in [0.05, 0.1) is 13.2 Å². The van der Waals surface area contributed by atoms with Crippen molar-refractivity contribution in [3.63, 3.8) is 0 Å². The van der Waals surface area contributed by atoms with Gasteiger partial charge in [-0.3, -0.25) is 9.80 Å². The van der Waals surface area contributed by atoms with Gasteiger partial charge in [0.1, 0.15) is 18.2 Å². The zero-order valence-electron chi connectivity index (χ0n) is 26.7. The lowest BCUT2D eigenvalue weighted by Crippen LogP contribution is -2.45. The van der Waals surface area contributed by atoms with Gasteiger partial charge in [0.25, 0.3) is 0 Å². The van der Waals surface area contributed by atoms with E-state index in [0.717, 1.165) is 55.1 Å². The predicted molar refractivity (Wildman–Crippen MR) is 177 cm³/mol. The number of methoxy groups -OCH3 is 1. The normalized spacial score (nSPS) is 14.4. The standard InChI is InChI=1S/C35H42N6O4/c1-25-10-9-11-26(2)33(25)45-35(42)41(27(3)28-12-7-6-8-13-28)32-16-17-36-34(38-32)37-29-14-15-30(31(24-29)43-5)44-23-22-40-20-18-39(4)19-21-40/h6-17,24,27H,18-23H2,1-5H3,(H,36,37,38)/t27-/m0/s1. The topological polar surface area (TPSA) is 92.3 Å². The van der Waals surface area contributed by atoms with E-state index in [1.54, 1.807) is 24.3 Å². The number of carbonyl (C=O) groups excluding carboxylic acids is 1. The summed E-state index contributed by atoms with van der Waals surface area (Å²) in [5.41, 5.74) is 3.41. The van der Waals surface area contributed by atoms with E-state index in [0.29, 0.717) is 35.6 Å². The minimum absolute atomic E-state index is 0.323. The molecule has 1 saturated heterocycles. The Bertz CT molecular complexity index is 1560.